The normalized spacial score (nSPS) is 12.1. The Hall–Kier alpha value is -1.82. The lowest BCUT2D eigenvalue weighted by Crippen LogP contribution is -2.18. The van der Waals surface area contributed by atoms with Crippen molar-refractivity contribution < 1.29 is 14.4 Å². The van der Waals surface area contributed by atoms with Crippen molar-refractivity contribution in [2.45, 2.75) is 13.0 Å². The van der Waals surface area contributed by atoms with Gasteiger partial charge in [0.25, 0.3) is 0 Å². The molecule has 0 aliphatic carbocycles. The van der Waals surface area contributed by atoms with Crippen molar-refractivity contribution in [3.05, 3.63) is 28.3 Å². The van der Waals surface area contributed by atoms with Crippen LogP contribution >= 0.6 is 0 Å². The van der Waals surface area contributed by atoms with Crippen molar-refractivity contribution in [1.82, 2.24) is 0 Å². The highest BCUT2D eigenvalue weighted by Crippen LogP contribution is 2.33. The fourth-order valence-corrected chi connectivity index (χ4v) is 1.32. The Kier molecular flexibility index (Phi) is 4.07. The average molecular weight is 226 g/mol. The number of hydrogen-bond donors (Lipinski definition) is 1. The molecule has 0 fully saturated rings. The molecule has 1 unspecified atom stereocenters. The van der Waals surface area contributed by atoms with Gasteiger partial charge in [-0.2, -0.15) is 0 Å². The number of rotatable bonds is 5. The largest absolute Gasteiger partial charge is 0.481 e. The quantitative estimate of drug-likeness (QED) is 0.468. The van der Waals surface area contributed by atoms with Gasteiger partial charge in [0.1, 0.15) is 11.8 Å². The zero-order valence-electron chi connectivity index (χ0n) is 9.17. The van der Waals surface area contributed by atoms with Crippen LogP contribution in [-0.2, 0) is 4.74 Å². The van der Waals surface area contributed by atoms with E-state index >= 15 is 0 Å². The number of nitrogens with zero attached hydrogens (tertiary/aromatic N) is 1. The topological polar surface area (TPSA) is 87.6 Å². The zero-order chi connectivity index (χ0) is 12.1. The van der Waals surface area contributed by atoms with E-state index in [1.807, 2.05) is 0 Å². The van der Waals surface area contributed by atoms with E-state index in [0.717, 1.165) is 0 Å². The van der Waals surface area contributed by atoms with Gasteiger partial charge in [-0.25, -0.2) is 0 Å². The predicted molar refractivity (Wildman–Crippen MR) is 59.5 cm³/mol. The van der Waals surface area contributed by atoms with Crippen LogP contribution in [0.1, 0.15) is 6.92 Å². The number of methoxy groups -OCH3 is 1. The second kappa shape index (κ2) is 5.32. The van der Waals surface area contributed by atoms with Crippen LogP contribution in [0.2, 0.25) is 0 Å². The van der Waals surface area contributed by atoms with E-state index in [1.54, 1.807) is 13.0 Å². The molecular formula is C10H14N2O4. The standard InChI is InChI=1S/C10H14N2O4/c1-7(6-15-2)16-9-5-3-4-8(11)10(9)12(13)14/h3-5,7H,6,11H2,1-2H3. The summed E-state index contributed by atoms with van der Waals surface area (Å²) in [6.07, 6.45) is -0.273. The second-order valence-electron chi connectivity index (χ2n) is 3.33. The van der Waals surface area contributed by atoms with E-state index < -0.39 is 4.92 Å². The molecule has 0 amide bonds. The van der Waals surface area contributed by atoms with E-state index in [2.05, 4.69) is 0 Å². The first kappa shape index (κ1) is 12.3. The second-order valence-corrected chi connectivity index (χ2v) is 3.33. The van der Waals surface area contributed by atoms with Gasteiger partial charge in [-0.15, -0.1) is 0 Å². The maximum absolute atomic E-state index is 10.8. The van der Waals surface area contributed by atoms with Crippen molar-refractivity contribution in [1.29, 1.82) is 0 Å². The Morgan fingerprint density at radius 1 is 1.56 bits per heavy atom. The monoisotopic (exact) mass is 226 g/mol. The van der Waals surface area contributed by atoms with Crippen LogP contribution in [0, 0.1) is 10.1 Å². The lowest BCUT2D eigenvalue weighted by atomic mass is 10.2. The minimum Gasteiger partial charge on any atom is -0.481 e. The predicted octanol–water partition coefficient (Wildman–Crippen LogP) is 1.59. The fourth-order valence-electron chi connectivity index (χ4n) is 1.32. The van der Waals surface area contributed by atoms with Crippen LogP contribution in [-0.4, -0.2) is 24.7 Å². The van der Waals surface area contributed by atoms with Crippen LogP contribution in [0.5, 0.6) is 5.75 Å². The number of nitrogens with two attached hydrogens (primary N) is 1. The van der Waals surface area contributed by atoms with E-state index in [4.69, 9.17) is 15.2 Å². The molecule has 0 saturated heterocycles. The van der Waals surface area contributed by atoms with Gasteiger partial charge in [0.15, 0.2) is 5.75 Å². The van der Waals surface area contributed by atoms with Crippen LogP contribution in [0.15, 0.2) is 18.2 Å². The Balaban J connectivity index is 2.95. The highest BCUT2D eigenvalue weighted by molar-refractivity contribution is 5.65. The molecule has 0 radical (unpaired) electrons. The molecule has 16 heavy (non-hydrogen) atoms. The molecule has 1 aromatic carbocycles. The number of nitro benzene ring substituents is 1. The smallest absolute Gasteiger partial charge is 0.333 e. The van der Waals surface area contributed by atoms with E-state index in [9.17, 15) is 10.1 Å². The molecule has 1 aromatic rings. The maximum atomic E-state index is 10.8. The molecule has 0 bridgehead atoms. The third kappa shape index (κ3) is 2.83. The Bertz CT molecular complexity index is 381. The fraction of sp³-hybridized carbons (Fsp3) is 0.400. The van der Waals surface area contributed by atoms with Crippen LogP contribution in [0.4, 0.5) is 11.4 Å². The minimum absolute atomic E-state index is 0.0899. The number of ether oxygens (including phenoxy) is 2. The molecule has 1 rings (SSSR count). The number of benzene rings is 1. The third-order valence-corrected chi connectivity index (χ3v) is 1.94. The number of hydrogen-bond acceptors (Lipinski definition) is 5. The highest BCUT2D eigenvalue weighted by Gasteiger charge is 2.20. The molecule has 6 nitrogen and oxygen atoms in total. The third-order valence-electron chi connectivity index (χ3n) is 1.94. The molecule has 6 heteroatoms. The maximum Gasteiger partial charge on any atom is 0.333 e. The lowest BCUT2D eigenvalue weighted by molar-refractivity contribution is -0.385. The molecule has 0 aromatic heterocycles. The van der Waals surface area contributed by atoms with Gasteiger partial charge >= 0.3 is 5.69 Å². The van der Waals surface area contributed by atoms with E-state index in [-0.39, 0.29) is 23.2 Å². The summed E-state index contributed by atoms with van der Waals surface area (Å²) in [5, 5.41) is 10.8. The van der Waals surface area contributed by atoms with Crippen molar-refractivity contribution in [2.24, 2.45) is 0 Å². The highest BCUT2D eigenvalue weighted by atomic mass is 16.6. The zero-order valence-corrected chi connectivity index (χ0v) is 9.17. The van der Waals surface area contributed by atoms with E-state index in [1.165, 1.54) is 19.2 Å². The average Bonchev–Trinajstić information content (AvgIpc) is 2.17. The van der Waals surface area contributed by atoms with Gasteiger partial charge < -0.3 is 15.2 Å². The van der Waals surface area contributed by atoms with Gasteiger partial charge in [-0.3, -0.25) is 10.1 Å². The molecular weight excluding hydrogens is 212 g/mol. The first-order chi connectivity index (χ1) is 7.56. The van der Waals surface area contributed by atoms with Crippen molar-refractivity contribution in [3.63, 3.8) is 0 Å². The molecule has 0 spiro atoms. The van der Waals surface area contributed by atoms with Gasteiger partial charge in [-0.05, 0) is 19.1 Å². The summed E-state index contributed by atoms with van der Waals surface area (Å²) < 4.78 is 10.3. The van der Waals surface area contributed by atoms with E-state index in [0.29, 0.717) is 6.61 Å². The molecule has 88 valence electrons. The number of nitro groups is 1. The van der Waals surface area contributed by atoms with Crippen molar-refractivity contribution in [3.8, 4) is 5.75 Å². The molecule has 1 atom stereocenters. The summed E-state index contributed by atoms with van der Waals surface area (Å²) in [5.41, 5.74) is 5.41. The minimum atomic E-state index is -0.551. The Morgan fingerprint density at radius 3 is 2.81 bits per heavy atom. The first-order valence-corrected chi connectivity index (χ1v) is 4.74. The number of nitrogen functional groups attached to an aromatic ring is 1. The summed E-state index contributed by atoms with van der Waals surface area (Å²) >= 11 is 0. The van der Waals surface area contributed by atoms with Gasteiger partial charge in [0.05, 0.1) is 11.5 Å². The first-order valence-electron chi connectivity index (χ1n) is 4.74. The summed E-state index contributed by atoms with van der Waals surface area (Å²) in [6, 6.07) is 4.59. The van der Waals surface area contributed by atoms with Crippen molar-refractivity contribution >= 4 is 11.4 Å². The van der Waals surface area contributed by atoms with Crippen LogP contribution < -0.4 is 10.5 Å². The number of anilines is 1. The summed E-state index contributed by atoms with van der Waals surface area (Å²) in [5.74, 6) is 0.162. The Morgan fingerprint density at radius 2 is 2.25 bits per heavy atom. The Labute approximate surface area is 93.1 Å². The summed E-state index contributed by atoms with van der Waals surface area (Å²) in [6.45, 7) is 2.11. The lowest BCUT2D eigenvalue weighted by Gasteiger charge is -2.13. The molecule has 0 heterocycles. The van der Waals surface area contributed by atoms with Gasteiger partial charge in [0.2, 0.25) is 0 Å². The SMILES string of the molecule is COCC(C)Oc1cccc(N)c1[N+](=O)[O-]. The molecule has 0 aliphatic rings. The van der Waals surface area contributed by atoms with Crippen molar-refractivity contribution in [2.75, 3.05) is 19.5 Å². The summed E-state index contributed by atoms with van der Waals surface area (Å²) in [7, 11) is 1.54. The molecule has 0 aliphatic heterocycles. The molecule has 0 saturated carbocycles. The van der Waals surface area contributed by atoms with Crippen LogP contribution in [0.25, 0.3) is 0 Å². The molecule has 2 N–H and O–H groups in total. The van der Waals surface area contributed by atoms with Gasteiger partial charge in [-0.1, -0.05) is 6.07 Å². The number of para-hydroxylation sites is 1. The summed E-state index contributed by atoms with van der Waals surface area (Å²) in [4.78, 5) is 10.2. The van der Waals surface area contributed by atoms with Gasteiger partial charge in [0, 0.05) is 7.11 Å². The van der Waals surface area contributed by atoms with Crippen LogP contribution in [0.3, 0.4) is 0 Å².